The third kappa shape index (κ3) is 2.68. The van der Waals surface area contributed by atoms with Crippen molar-refractivity contribution in [2.75, 3.05) is 13.7 Å². The fourth-order valence-corrected chi connectivity index (χ4v) is 1.49. The van der Waals surface area contributed by atoms with Gasteiger partial charge in [0.15, 0.2) is 6.10 Å². The molecule has 5 nitrogen and oxygen atoms in total. The number of benzene rings is 1. The van der Waals surface area contributed by atoms with Crippen LogP contribution < -0.4 is 4.74 Å². The maximum absolute atomic E-state index is 11.3. The van der Waals surface area contributed by atoms with Crippen LogP contribution in [0.5, 0.6) is 11.5 Å². The van der Waals surface area contributed by atoms with Crippen LogP contribution >= 0.6 is 0 Å². The van der Waals surface area contributed by atoms with Crippen LogP contribution in [0.15, 0.2) is 12.1 Å². The SMILES string of the molecule is CCOC(=O)C(O)c1ccc(OC)c(C)c1O. The van der Waals surface area contributed by atoms with Crippen molar-refractivity contribution in [3.05, 3.63) is 23.3 Å². The Morgan fingerprint density at radius 1 is 1.47 bits per heavy atom. The highest BCUT2D eigenvalue weighted by Gasteiger charge is 2.23. The lowest BCUT2D eigenvalue weighted by Gasteiger charge is -2.14. The van der Waals surface area contributed by atoms with E-state index in [-0.39, 0.29) is 17.9 Å². The van der Waals surface area contributed by atoms with Gasteiger partial charge >= 0.3 is 5.97 Å². The van der Waals surface area contributed by atoms with Gasteiger partial charge in [0.2, 0.25) is 0 Å². The molecule has 0 radical (unpaired) electrons. The Morgan fingerprint density at radius 3 is 2.65 bits per heavy atom. The zero-order chi connectivity index (χ0) is 13.0. The minimum atomic E-state index is -1.49. The minimum Gasteiger partial charge on any atom is -0.507 e. The third-order valence-electron chi connectivity index (χ3n) is 2.44. The largest absolute Gasteiger partial charge is 0.507 e. The Bertz CT molecular complexity index is 414. The Hall–Kier alpha value is -1.75. The molecule has 0 heterocycles. The number of rotatable bonds is 4. The first kappa shape index (κ1) is 13.3. The van der Waals surface area contributed by atoms with Crippen LogP contribution in [-0.2, 0) is 9.53 Å². The summed E-state index contributed by atoms with van der Waals surface area (Å²) in [6, 6.07) is 3.01. The van der Waals surface area contributed by atoms with Crippen molar-refractivity contribution in [2.24, 2.45) is 0 Å². The molecule has 0 bridgehead atoms. The second-order valence-corrected chi connectivity index (χ2v) is 3.49. The summed E-state index contributed by atoms with van der Waals surface area (Å²) in [4.78, 5) is 11.3. The smallest absolute Gasteiger partial charge is 0.339 e. The predicted octanol–water partition coefficient (Wildman–Crippen LogP) is 1.31. The molecule has 0 aliphatic rings. The van der Waals surface area contributed by atoms with Crippen molar-refractivity contribution in [3.63, 3.8) is 0 Å². The van der Waals surface area contributed by atoms with Gasteiger partial charge in [-0.2, -0.15) is 0 Å². The molecular weight excluding hydrogens is 224 g/mol. The quantitative estimate of drug-likeness (QED) is 0.776. The second-order valence-electron chi connectivity index (χ2n) is 3.49. The average molecular weight is 240 g/mol. The molecule has 1 rings (SSSR count). The molecule has 1 aromatic carbocycles. The Morgan fingerprint density at radius 2 is 2.12 bits per heavy atom. The number of methoxy groups -OCH3 is 1. The highest BCUT2D eigenvalue weighted by atomic mass is 16.5. The topological polar surface area (TPSA) is 76.0 Å². The zero-order valence-electron chi connectivity index (χ0n) is 10.1. The van der Waals surface area contributed by atoms with Crippen molar-refractivity contribution in [1.29, 1.82) is 0 Å². The number of hydrogen-bond donors (Lipinski definition) is 2. The second kappa shape index (κ2) is 5.54. The van der Waals surface area contributed by atoms with E-state index in [0.717, 1.165) is 0 Å². The van der Waals surface area contributed by atoms with Crippen molar-refractivity contribution in [1.82, 2.24) is 0 Å². The Labute approximate surface area is 99.6 Å². The van der Waals surface area contributed by atoms with E-state index in [0.29, 0.717) is 11.3 Å². The van der Waals surface area contributed by atoms with Gasteiger partial charge in [0.1, 0.15) is 11.5 Å². The van der Waals surface area contributed by atoms with Gasteiger partial charge in [-0.3, -0.25) is 0 Å². The van der Waals surface area contributed by atoms with E-state index in [9.17, 15) is 15.0 Å². The summed E-state index contributed by atoms with van der Waals surface area (Å²) < 4.78 is 9.69. The van der Waals surface area contributed by atoms with Gasteiger partial charge in [-0.1, -0.05) is 0 Å². The minimum absolute atomic E-state index is 0.113. The summed E-state index contributed by atoms with van der Waals surface area (Å²) in [5.74, 6) is -0.459. The van der Waals surface area contributed by atoms with E-state index in [2.05, 4.69) is 4.74 Å². The van der Waals surface area contributed by atoms with Crippen LogP contribution in [0.4, 0.5) is 0 Å². The van der Waals surface area contributed by atoms with Crippen LogP contribution in [-0.4, -0.2) is 29.9 Å². The molecule has 0 spiro atoms. The van der Waals surface area contributed by atoms with Crippen molar-refractivity contribution in [3.8, 4) is 11.5 Å². The molecule has 17 heavy (non-hydrogen) atoms. The fraction of sp³-hybridized carbons (Fsp3) is 0.417. The van der Waals surface area contributed by atoms with Crippen LogP contribution in [0.3, 0.4) is 0 Å². The highest BCUT2D eigenvalue weighted by Crippen LogP contribution is 2.34. The van der Waals surface area contributed by atoms with E-state index in [1.807, 2.05) is 0 Å². The number of aliphatic hydroxyl groups excluding tert-OH is 1. The summed E-state index contributed by atoms with van der Waals surface area (Å²) in [7, 11) is 1.48. The van der Waals surface area contributed by atoms with Crippen LogP contribution in [0.1, 0.15) is 24.2 Å². The molecule has 0 aliphatic carbocycles. The van der Waals surface area contributed by atoms with Crippen molar-refractivity contribution < 1.29 is 24.5 Å². The molecule has 0 saturated carbocycles. The normalized spacial score (nSPS) is 12.0. The lowest BCUT2D eigenvalue weighted by atomic mass is 10.0. The molecule has 0 amide bonds. The number of aromatic hydroxyl groups is 1. The molecule has 1 unspecified atom stereocenters. The molecular formula is C12H16O5. The van der Waals surface area contributed by atoms with Gasteiger partial charge in [0, 0.05) is 11.1 Å². The van der Waals surface area contributed by atoms with E-state index in [4.69, 9.17) is 4.74 Å². The standard InChI is InChI=1S/C12H16O5/c1-4-17-12(15)11(14)8-5-6-9(16-3)7(2)10(8)13/h5-6,11,13-14H,4H2,1-3H3. The van der Waals surface area contributed by atoms with E-state index in [1.165, 1.54) is 13.2 Å². The van der Waals surface area contributed by atoms with Gasteiger partial charge in [-0.05, 0) is 26.0 Å². The first-order valence-corrected chi connectivity index (χ1v) is 5.24. The van der Waals surface area contributed by atoms with Crippen LogP contribution in [0.25, 0.3) is 0 Å². The van der Waals surface area contributed by atoms with Gasteiger partial charge in [0.25, 0.3) is 0 Å². The van der Waals surface area contributed by atoms with E-state index in [1.54, 1.807) is 19.9 Å². The van der Waals surface area contributed by atoms with Crippen molar-refractivity contribution >= 4 is 5.97 Å². The number of phenolic OH excluding ortho intramolecular Hbond substituents is 1. The first-order valence-electron chi connectivity index (χ1n) is 5.24. The molecule has 0 saturated heterocycles. The lowest BCUT2D eigenvalue weighted by molar-refractivity contribution is -0.153. The molecule has 0 aromatic heterocycles. The highest BCUT2D eigenvalue weighted by molar-refractivity contribution is 5.77. The molecule has 5 heteroatoms. The predicted molar refractivity (Wildman–Crippen MR) is 61.0 cm³/mol. The Kier molecular flexibility index (Phi) is 4.34. The molecule has 1 aromatic rings. The number of aliphatic hydroxyl groups is 1. The number of hydrogen-bond acceptors (Lipinski definition) is 5. The molecule has 0 fully saturated rings. The number of carbonyl (C=O) groups is 1. The van der Waals surface area contributed by atoms with Crippen molar-refractivity contribution in [2.45, 2.75) is 20.0 Å². The van der Waals surface area contributed by atoms with Gasteiger partial charge < -0.3 is 19.7 Å². The number of carbonyl (C=O) groups excluding carboxylic acids is 1. The fourth-order valence-electron chi connectivity index (χ4n) is 1.49. The first-order chi connectivity index (χ1) is 8.02. The molecule has 1 atom stereocenters. The monoisotopic (exact) mass is 240 g/mol. The zero-order valence-corrected chi connectivity index (χ0v) is 10.1. The summed E-state index contributed by atoms with van der Waals surface area (Å²) >= 11 is 0. The van der Waals surface area contributed by atoms with Gasteiger partial charge in [0.05, 0.1) is 13.7 Å². The van der Waals surface area contributed by atoms with Crippen LogP contribution in [0.2, 0.25) is 0 Å². The summed E-state index contributed by atoms with van der Waals surface area (Å²) in [5.41, 5.74) is 0.579. The van der Waals surface area contributed by atoms with Crippen LogP contribution in [0, 0.1) is 6.92 Å². The third-order valence-corrected chi connectivity index (χ3v) is 2.44. The number of phenols is 1. The maximum Gasteiger partial charge on any atom is 0.339 e. The summed E-state index contributed by atoms with van der Waals surface area (Å²) in [5, 5.41) is 19.6. The van der Waals surface area contributed by atoms with E-state index >= 15 is 0 Å². The maximum atomic E-state index is 11.3. The molecule has 2 N–H and O–H groups in total. The Balaban J connectivity index is 3.07. The lowest BCUT2D eigenvalue weighted by Crippen LogP contribution is -2.15. The molecule has 94 valence electrons. The van der Waals surface area contributed by atoms with Gasteiger partial charge in [-0.15, -0.1) is 0 Å². The summed E-state index contributed by atoms with van der Waals surface area (Å²) in [6.45, 7) is 3.45. The number of ether oxygens (including phenoxy) is 2. The van der Waals surface area contributed by atoms with E-state index < -0.39 is 12.1 Å². The van der Waals surface area contributed by atoms with Gasteiger partial charge in [-0.25, -0.2) is 4.79 Å². The summed E-state index contributed by atoms with van der Waals surface area (Å²) in [6.07, 6.45) is -1.49. The molecule has 0 aliphatic heterocycles. The number of esters is 1. The average Bonchev–Trinajstić information content (AvgIpc) is 2.32.